The highest BCUT2D eigenvalue weighted by Crippen LogP contribution is 2.29. The Bertz CT molecular complexity index is 1040. The molecular weight excluding hydrogens is 474 g/mol. The highest BCUT2D eigenvalue weighted by Gasteiger charge is 2.33. The molecule has 12 heteroatoms. The van der Waals surface area contributed by atoms with E-state index in [0.29, 0.717) is 51.1 Å². The number of hydrogen-bond acceptors (Lipinski definition) is 7. The Labute approximate surface area is 206 Å². The van der Waals surface area contributed by atoms with Crippen molar-refractivity contribution in [1.82, 2.24) is 14.5 Å². The number of sulfonamides is 1. The fraction of sp³-hybridized carbons (Fsp3) is 0.609. The van der Waals surface area contributed by atoms with E-state index >= 15 is 0 Å². The van der Waals surface area contributed by atoms with Gasteiger partial charge in [0.1, 0.15) is 22.4 Å². The first-order valence-corrected chi connectivity index (χ1v) is 13.3. The molecule has 0 saturated carbocycles. The van der Waals surface area contributed by atoms with Crippen molar-refractivity contribution in [2.75, 3.05) is 40.4 Å². The van der Waals surface area contributed by atoms with Crippen LogP contribution in [-0.2, 0) is 19.6 Å². The molecular formula is C23H35N5O6S. The Morgan fingerprint density at radius 2 is 1.86 bits per heavy atom. The zero-order valence-electron chi connectivity index (χ0n) is 20.3. The molecule has 35 heavy (non-hydrogen) atoms. The third-order valence-electron chi connectivity index (χ3n) is 6.58. The van der Waals surface area contributed by atoms with Crippen LogP contribution in [0.2, 0.25) is 0 Å². The van der Waals surface area contributed by atoms with Gasteiger partial charge in [-0.1, -0.05) is 0 Å². The van der Waals surface area contributed by atoms with Crippen molar-refractivity contribution in [3.63, 3.8) is 0 Å². The Hall–Kier alpha value is -2.86. The number of benzene rings is 1. The Kier molecular flexibility index (Phi) is 8.95. The van der Waals surface area contributed by atoms with Crippen LogP contribution in [0.15, 0.2) is 23.1 Å². The molecule has 2 fully saturated rings. The number of ketones is 1. The lowest BCUT2D eigenvalue weighted by Gasteiger charge is -2.32. The Morgan fingerprint density at radius 3 is 2.49 bits per heavy atom. The lowest BCUT2D eigenvalue weighted by Crippen LogP contribution is -2.49. The van der Waals surface area contributed by atoms with Crippen LogP contribution >= 0.6 is 0 Å². The number of Topliss-reactive ketones (excluding diaryl/α,β-unsaturated/α-hetero) is 1. The van der Waals surface area contributed by atoms with Gasteiger partial charge in [0.2, 0.25) is 15.9 Å². The maximum absolute atomic E-state index is 13.2. The first-order chi connectivity index (χ1) is 16.6. The summed E-state index contributed by atoms with van der Waals surface area (Å²) < 4.78 is 39.2. The summed E-state index contributed by atoms with van der Waals surface area (Å²) >= 11 is 0. The number of piperidine rings is 1. The average Bonchev–Trinajstić information content (AvgIpc) is 3.00. The second-order valence-corrected chi connectivity index (χ2v) is 10.7. The van der Waals surface area contributed by atoms with E-state index in [-0.39, 0.29) is 34.9 Å². The third kappa shape index (κ3) is 6.85. The number of nitrogens with one attached hydrogen (secondary N) is 2. The maximum atomic E-state index is 13.2. The minimum absolute atomic E-state index is 0.0353. The number of likely N-dealkylation sites (tertiary alicyclic amines) is 2. The van der Waals surface area contributed by atoms with Crippen molar-refractivity contribution in [3.8, 4) is 11.5 Å². The molecule has 3 rings (SSSR count). The number of rotatable bonds is 9. The molecule has 2 aliphatic rings. The fourth-order valence-corrected chi connectivity index (χ4v) is 6.00. The SMILES string of the molecule is COc1ccc(OC)c(S(=O)(=O)N[C@H]2CCCCN(CC(=O)CC3CCN(C(=N)N)CC3)C2=O)c1. The number of carbonyl (C=O) groups is 2. The van der Waals surface area contributed by atoms with Crippen LogP contribution in [0.1, 0.15) is 38.5 Å². The monoisotopic (exact) mass is 509 g/mol. The third-order valence-corrected chi connectivity index (χ3v) is 8.07. The minimum atomic E-state index is -4.09. The van der Waals surface area contributed by atoms with Gasteiger partial charge in [-0.05, 0) is 50.2 Å². The quantitative estimate of drug-likeness (QED) is 0.328. The number of nitrogens with zero attached hydrogens (tertiary/aromatic N) is 2. The molecule has 194 valence electrons. The van der Waals surface area contributed by atoms with E-state index in [1.54, 1.807) is 11.0 Å². The highest BCUT2D eigenvalue weighted by molar-refractivity contribution is 7.89. The van der Waals surface area contributed by atoms with E-state index in [1.807, 2.05) is 0 Å². The van der Waals surface area contributed by atoms with Gasteiger partial charge < -0.3 is 25.0 Å². The van der Waals surface area contributed by atoms with Crippen molar-refractivity contribution in [1.29, 1.82) is 5.41 Å². The smallest absolute Gasteiger partial charge is 0.245 e. The van der Waals surface area contributed by atoms with Gasteiger partial charge in [0, 0.05) is 32.1 Å². The summed E-state index contributed by atoms with van der Waals surface area (Å²) in [5.74, 6) is 0.284. The largest absolute Gasteiger partial charge is 0.497 e. The Morgan fingerprint density at radius 1 is 1.14 bits per heavy atom. The number of nitrogens with two attached hydrogens (primary N) is 1. The van der Waals surface area contributed by atoms with Gasteiger partial charge >= 0.3 is 0 Å². The number of methoxy groups -OCH3 is 2. The predicted molar refractivity (Wildman–Crippen MR) is 130 cm³/mol. The molecule has 0 radical (unpaired) electrons. The van der Waals surface area contributed by atoms with Crippen molar-refractivity contribution in [3.05, 3.63) is 18.2 Å². The summed E-state index contributed by atoms with van der Waals surface area (Å²) in [6, 6.07) is 3.46. The van der Waals surface area contributed by atoms with E-state index < -0.39 is 22.0 Å². The van der Waals surface area contributed by atoms with Crippen LogP contribution in [0.25, 0.3) is 0 Å². The Balaban J connectivity index is 1.65. The van der Waals surface area contributed by atoms with Crippen molar-refractivity contribution >= 4 is 27.7 Å². The molecule has 2 saturated heterocycles. The molecule has 11 nitrogen and oxygen atoms in total. The molecule has 2 heterocycles. The van der Waals surface area contributed by atoms with Crippen LogP contribution in [0.4, 0.5) is 0 Å². The first kappa shape index (κ1) is 26.7. The van der Waals surface area contributed by atoms with Crippen molar-refractivity contribution in [2.24, 2.45) is 11.7 Å². The van der Waals surface area contributed by atoms with E-state index in [1.165, 1.54) is 31.3 Å². The lowest BCUT2D eigenvalue weighted by molar-refractivity contribution is -0.136. The number of guanidine groups is 1. The van der Waals surface area contributed by atoms with E-state index in [4.69, 9.17) is 20.6 Å². The van der Waals surface area contributed by atoms with Crippen molar-refractivity contribution < 1.29 is 27.5 Å². The molecule has 0 aromatic heterocycles. The second-order valence-electron chi connectivity index (χ2n) is 9.00. The molecule has 0 unspecified atom stereocenters. The van der Waals surface area contributed by atoms with Gasteiger partial charge in [-0.3, -0.25) is 15.0 Å². The fourth-order valence-electron chi connectivity index (χ4n) is 4.59. The summed E-state index contributed by atoms with van der Waals surface area (Å²) in [5.41, 5.74) is 5.53. The van der Waals surface area contributed by atoms with Crippen molar-refractivity contribution in [2.45, 2.75) is 49.5 Å². The zero-order valence-corrected chi connectivity index (χ0v) is 21.1. The molecule has 1 amide bonds. The number of carbonyl (C=O) groups excluding carboxylic acids is 2. The zero-order chi connectivity index (χ0) is 25.6. The van der Waals surface area contributed by atoms with Gasteiger partial charge in [0.05, 0.1) is 20.8 Å². The highest BCUT2D eigenvalue weighted by atomic mass is 32.2. The molecule has 4 N–H and O–H groups in total. The summed E-state index contributed by atoms with van der Waals surface area (Å²) in [6.07, 6.45) is 3.58. The molecule has 0 spiro atoms. The van der Waals surface area contributed by atoms with Crippen LogP contribution in [0, 0.1) is 11.3 Å². The molecule has 0 aliphatic carbocycles. The van der Waals surface area contributed by atoms with E-state index in [2.05, 4.69) is 4.72 Å². The summed E-state index contributed by atoms with van der Waals surface area (Å²) in [5, 5.41) is 7.52. The van der Waals surface area contributed by atoms with Crippen LogP contribution in [0.5, 0.6) is 11.5 Å². The second kappa shape index (κ2) is 11.7. The van der Waals surface area contributed by atoms with Gasteiger partial charge in [-0.25, -0.2) is 8.42 Å². The molecule has 1 aromatic rings. The van der Waals surface area contributed by atoms with Crippen LogP contribution in [-0.4, -0.2) is 82.3 Å². The number of ether oxygens (including phenoxy) is 2. The lowest BCUT2D eigenvalue weighted by atomic mass is 9.91. The average molecular weight is 510 g/mol. The maximum Gasteiger partial charge on any atom is 0.245 e. The first-order valence-electron chi connectivity index (χ1n) is 11.8. The normalized spacial score (nSPS) is 19.8. The molecule has 1 aromatic carbocycles. The van der Waals surface area contributed by atoms with Crippen LogP contribution < -0.4 is 19.9 Å². The molecule has 0 bridgehead atoms. The summed E-state index contributed by atoms with van der Waals surface area (Å²) in [6.45, 7) is 1.67. The minimum Gasteiger partial charge on any atom is -0.497 e. The predicted octanol–water partition coefficient (Wildman–Crippen LogP) is 0.928. The summed E-state index contributed by atoms with van der Waals surface area (Å²) in [4.78, 5) is 29.1. The summed E-state index contributed by atoms with van der Waals surface area (Å²) in [7, 11) is -1.29. The molecule has 1 atom stereocenters. The van der Waals surface area contributed by atoms with Gasteiger partial charge in [0.25, 0.3) is 0 Å². The van der Waals surface area contributed by atoms with E-state index in [0.717, 1.165) is 12.8 Å². The van der Waals surface area contributed by atoms with Gasteiger partial charge in [0.15, 0.2) is 11.7 Å². The number of amides is 1. The van der Waals surface area contributed by atoms with Gasteiger partial charge in [-0.2, -0.15) is 4.72 Å². The van der Waals surface area contributed by atoms with E-state index in [9.17, 15) is 18.0 Å². The standard InChI is InChI=1S/C23H35N5O6S/c1-33-18-6-7-20(34-2)21(14-18)35(31,32)26-19-5-3-4-10-28(22(19)30)15-17(29)13-16-8-11-27(12-9-16)23(24)25/h6-7,14,16,19,26H,3-5,8-13,15H2,1-2H3,(H3,24,25)/t19-/m0/s1. The van der Waals surface area contributed by atoms with Gasteiger partial charge in [-0.15, -0.1) is 0 Å². The molecule has 2 aliphatic heterocycles. The van der Waals surface area contributed by atoms with Crippen LogP contribution in [0.3, 0.4) is 0 Å². The number of hydrogen-bond donors (Lipinski definition) is 3. The topological polar surface area (TPSA) is 155 Å².